The van der Waals surface area contributed by atoms with Gasteiger partial charge in [0.25, 0.3) is 0 Å². The van der Waals surface area contributed by atoms with Gasteiger partial charge >= 0.3 is 0 Å². The van der Waals surface area contributed by atoms with Crippen molar-refractivity contribution in [1.82, 2.24) is 10.2 Å². The van der Waals surface area contributed by atoms with Gasteiger partial charge in [0.15, 0.2) is 0 Å². The van der Waals surface area contributed by atoms with E-state index in [2.05, 4.69) is 10.2 Å². The largest absolute Gasteiger partial charge is 0.319 e. The lowest BCUT2D eigenvalue weighted by molar-refractivity contribution is 0.310. The van der Waals surface area contributed by atoms with E-state index in [1.807, 2.05) is 19.2 Å². The summed E-state index contributed by atoms with van der Waals surface area (Å²) in [5.74, 6) is 0.635. The molecule has 1 heterocycles. The van der Waals surface area contributed by atoms with Gasteiger partial charge in [-0.25, -0.2) is 4.39 Å². The predicted octanol–water partition coefficient (Wildman–Crippen LogP) is 1.87. The Hall–Kier alpha value is -0.930. The molecular weight excluding hydrogens is 203 g/mol. The third-order valence-corrected chi connectivity index (χ3v) is 3.21. The molecule has 3 heteroatoms. The molecule has 0 bridgehead atoms. The van der Waals surface area contributed by atoms with Gasteiger partial charge in [-0.05, 0) is 38.5 Å². The maximum absolute atomic E-state index is 13.4. The number of rotatable bonds is 4. The van der Waals surface area contributed by atoms with Gasteiger partial charge in [-0.15, -0.1) is 0 Å². The Morgan fingerprint density at radius 1 is 1.44 bits per heavy atom. The second-order valence-corrected chi connectivity index (χ2v) is 4.54. The Labute approximate surface area is 96.5 Å². The average molecular weight is 222 g/mol. The lowest BCUT2D eigenvalue weighted by Gasteiger charge is -2.16. The smallest absolute Gasteiger partial charge is 0.127 e. The normalized spacial score (nSPS) is 21.5. The molecule has 1 fully saturated rings. The molecule has 0 aliphatic carbocycles. The maximum Gasteiger partial charge on any atom is 0.127 e. The average Bonchev–Trinajstić information content (AvgIpc) is 2.70. The van der Waals surface area contributed by atoms with Crippen LogP contribution in [0, 0.1) is 11.7 Å². The van der Waals surface area contributed by atoms with Crippen molar-refractivity contribution >= 4 is 0 Å². The van der Waals surface area contributed by atoms with E-state index in [1.165, 1.54) is 12.5 Å². The predicted molar refractivity (Wildman–Crippen MR) is 63.7 cm³/mol. The summed E-state index contributed by atoms with van der Waals surface area (Å²) in [5, 5.41) is 3.20. The molecule has 2 nitrogen and oxygen atoms in total. The summed E-state index contributed by atoms with van der Waals surface area (Å²) in [4.78, 5) is 2.33. The highest BCUT2D eigenvalue weighted by Gasteiger charge is 2.22. The molecule has 16 heavy (non-hydrogen) atoms. The van der Waals surface area contributed by atoms with Gasteiger partial charge in [0, 0.05) is 18.7 Å². The fourth-order valence-corrected chi connectivity index (χ4v) is 2.38. The summed E-state index contributed by atoms with van der Waals surface area (Å²) in [7, 11) is 1.99. The third kappa shape index (κ3) is 2.80. The maximum atomic E-state index is 13.4. The molecule has 1 saturated heterocycles. The van der Waals surface area contributed by atoms with Gasteiger partial charge in [0.1, 0.15) is 5.82 Å². The van der Waals surface area contributed by atoms with Crippen molar-refractivity contribution in [3.63, 3.8) is 0 Å². The molecule has 1 atom stereocenters. The Morgan fingerprint density at radius 3 is 3.00 bits per heavy atom. The van der Waals surface area contributed by atoms with E-state index in [-0.39, 0.29) is 5.82 Å². The topological polar surface area (TPSA) is 15.3 Å². The minimum Gasteiger partial charge on any atom is -0.319 e. The van der Waals surface area contributed by atoms with E-state index in [0.29, 0.717) is 0 Å². The molecule has 88 valence electrons. The van der Waals surface area contributed by atoms with Crippen molar-refractivity contribution < 1.29 is 4.39 Å². The van der Waals surface area contributed by atoms with Crippen LogP contribution in [0.5, 0.6) is 0 Å². The third-order valence-electron chi connectivity index (χ3n) is 3.21. The number of likely N-dealkylation sites (tertiary alicyclic amines) is 1. The molecular formula is C13H19FN2. The van der Waals surface area contributed by atoms with Gasteiger partial charge in [0.05, 0.1) is 0 Å². The molecule has 0 aromatic heterocycles. The van der Waals surface area contributed by atoms with Crippen LogP contribution in [0.3, 0.4) is 0 Å². The van der Waals surface area contributed by atoms with Crippen molar-refractivity contribution in [2.75, 3.05) is 26.7 Å². The molecule has 1 N–H and O–H groups in total. The summed E-state index contributed by atoms with van der Waals surface area (Å²) < 4.78 is 13.4. The highest BCUT2D eigenvalue weighted by atomic mass is 19.1. The zero-order chi connectivity index (χ0) is 11.4. The van der Waals surface area contributed by atoms with Gasteiger partial charge in [-0.1, -0.05) is 18.2 Å². The minimum atomic E-state index is -0.0837. The summed E-state index contributed by atoms with van der Waals surface area (Å²) in [6, 6.07) is 7.06. The molecule has 1 aliphatic rings. The van der Waals surface area contributed by atoms with Crippen LogP contribution in [-0.2, 0) is 6.54 Å². The van der Waals surface area contributed by atoms with Crippen LogP contribution in [-0.4, -0.2) is 31.6 Å². The summed E-state index contributed by atoms with van der Waals surface area (Å²) in [6.07, 6.45) is 1.22. The monoisotopic (exact) mass is 222 g/mol. The lowest BCUT2D eigenvalue weighted by atomic mass is 10.1. The van der Waals surface area contributed by atoms with E-state index in [0.717, 1.165) is 37.7 Å². The van der Waals surface area contributed by atoms with Crippen molar-refractivity contribution in [3.8, 4) is 0 Å². The highest BCUT2D eigenvalue weighted by molar-refractivity contribution is 5.17. The number of halogens is 1. The van der Waals surface area contributed by atoms with Gasteiger partial charge in [0.2, 0.25) is 0 Å². The first kappa shape index (κ1) is 11.6. The number of nitrogens with one attached hydrogen (secondary N) is 1. The minimum absolute atomic E-state index is 0.0837. The Morgan fingerprint density at radius 2 is 2.25 bits per heavy atom. The first-order chi connectivity index (χ1) is 7.79. The molecule has 0 radical (unpaired) electrons. The summed E-state index contributed by atoms with van der Waals surface area (Å²) in [5.41, 5.74) is 0.813. The van der Waals surface area contributed by atoms with E-state index in [9.17, 15) is 4.39 Å². The van der Waals surface area contributed by atoms with Crippen LogP contribution in [0.4, 0.5) is 4.39 Å². The van der Waals surface area contributed by atoms with E-state index in [1.54, 1.807) is 6.07 Å². The van der Waals surface area contributed by atoms with E-state index < -0.39 is 0 Å². The number of hydrogen-bond donors (Lipinski definition) is 1. The first-order valence-corrected chi connectivity index (χ1v) is 5.90. The highest BCUT2D eigenvalue weighted by Crippen LogP contribution is 2.19. The zero-order valence-corrected chi connectivity index (χ0v) is 9.75. The van der Waals surface area contributed by atoms with Crippen molar-refractivity contribution in [1.29, 1.82) is 0 Å². The van der Waals surface area contributed by atoms with Crippen molar-refractivity contribution in [2.24, 2.45) is 5.92 Å². The second-order valence-electron chi connectivity index (χ2n) is 4.54. The van der Waals surface area contributed by atoms with Crippen LogP contribution in [0.15, 0.2) is 24.3 Å². The fraction of sp³-hybridized carbons (Fsp3) is 0.538. The number of nitrogens with zero attached hydrogens (tertiary/aromatic N) is 1. The van der Waals surface area contributed by atoms with Gasteiger partial charge < -0.3 is 5.32 Å². The number of hydrogen-bond acceptors (Lipinski definition) is 2. The van der Waals surface area contributed by atoms with E-state index >= 15 is 0 Å². The van der Waals surface area contributed by atoms with Crippen LogP contribution >= 0.6 is 0 Å². The van der Waals surface area contributed by atoms with Crippen LogP contribution in [0.2, 0.25) is 0 Å². The summed E-state index contributed by atoms with van der Waals surface area (Å²) in [6.45, 7) is 3.97. The molecule has 2 rings (SSSR count). The summed E-state index contributed by atoms with van der Waals surface area (Å²) >= 11 is 0. The van der Waals surface area contributed by atoms with Crippen molar-refractivity contribution in [2.45, 2.75) is 13.0 Å². The molecule has 1 unspecified atom stereocenters. The standard InChI is InChI=1S/C13H19FN2/c1-15-8-11-6-7-16(9-11)10-12-4-2-3-5-13(12)14/h2-5,11,15H,6-10H2,1H3. The van der Waals surface area contributed by atoms with Crippen LogP contribution < -0.4 is 5.32 Å². The Kier molecular flexibility index (Phi) is 3.91. The SMILES string of the molecule is CNCC1CCN(Cc2ccccc2F)C1. The Balaban J connectivity index is 1.90. The van der Waals surface area contributed by atoms with Gasteiger partial charge in [-0.3, -0.25) is 4.90 Å². The second kappa shape index (κ2) is 5.41. The first-order valence-electron chi connectivity index (χ1n) is 5.90. The van der Waals surface area contributed by atoms with Crippen LogP contribution in [0.1, 0.15) is 12.0 Å². The fourth-order valence-electron chi connectivity index (χ4n) is 2.38. The zero-order valence-electron chi connectivity index (χ0n) is 9.75. The van der Waals surface area contributed by atoms with Gasteiger partial charge in [-0.2, -0.15) is 0 Å². The molecule has 0 amide bonds. The number of benzene rings is 1. The Bertz CT molecular complexity index is 340. The lowest BCUT2D eigenvalue weighted by Crippen LogP contribution is -2.24. The molecule has 1 aromatic carbocycles. The van der Waals surface area contributed by atoms with Crippen molar-refractivity contribution in [3.05, 3.63) is 35.6 Å². The molecule has 1 aliphatic heterocycles. The van der Waals surface area contributed by atoms with E-state index in [4.69, 9.17) is 0 Å². The quantitative estimate of drug-likeness (QED) is 0.836. The van der Waals surface area contributed by atoms with Crippen LogP contribution in [0.25, 0.3) is 0 Å². The molecule has 1 aromatic rings. The molecule has 0 spiro atoms. The molecule has 0 saturated carbocycles.